The standard InChI is InChI=1S/C24H27FN4O3/c1-16-14-18(9-10-19(16)25)23-28-22(32-29-23)12-11-21(30)27-24-20(8-5-13-26-24)31-15-17-6-3-2-4-7-17/h5,8-10,13-14,17H,2-4,6-7,11-12,15H2,1H3,(H,26,27,30). The van der Waals surface area contributed by atoms with Gasteiger partial charge < -0.3 is 14.6 Å². The summed E-state index contributed by atoms with van der Waals surface area (Å²) in [7, 11) is 0. The van der Waals surface area contributed by atoms with Crippen LogP contribution in [0.1, 0.15) is 50.0 Å². The Hall–Kier alpha value is -3.29. The van der Waals surface area contributed by atoms with Gasteiger partial charge in [-0.2, -0.15) is 4.98 Å². The Balaban J connectivity index is 1.31. The van der Waals surface area contributed by atoms with Crippen molar-refractivity contribution in [2.24, 2.45) is 5.92 Å². The molecule has 1 N–H and O–H groups in total. The van der Waals surface area contributed by atoms with Gasteiger partial charge in [-0.15, -0.1) is 0 Å². The predicted molar refractivity (Wildman–Crippen MR) is 118 cm³/mol. The maximum Gasteiger partial charge on any atom is 0.227 e. The number of carbonyl (C=O) groups is 1. The van der Waals surface area contributed by atoms with Crippen LogP contribution >= 0.6 is 0 Å². The first kappa shape index (κ1) is 21.9. The number of ether oxygens (including phenoxy) is 1. The van der Waals surface area contributed by atoms with Crippen molar-refractivity contribution >= 4 is 11.7 Å². The Bertz CT molecular complexity index is 1060. The number of hydrogen-bond acceptors (Lipinski definition) is 6. The fourth-order valence-corrected chi connectivity index (χ4v) is 3.83. The highest BCUT2D eigenvalue weighted by Crippen LogP contribution is 2.27. The number of nitrogens with zero attached hydrogens (tertiary/aromatic N) is 3. The molecule has 4 rings (SSSR count). The van der Waals surface area contributed by atoms with Crippen molar-refractivity contribution in [1.29, 1.82) is 0 Å². The highest BCUT2D eigenvalue weighted by atomic mass is 19.1. The summed E-state index contributed by atoms with van der Waals surface area (Å²) >= 11 is 0. The van der Waals surface area contributed by atoms with Crippen LogP contribution in [0.4, 0.5) is 10.2 Å². The fourth-order valence-electron chi connectivity index (χ4n) is 3.83. The highest BCUT2D eigenvalue weighted by Gasteiger charge is 2.17. The van der Waals surface area contributed by atoms with Gasteiger partial charge in [0.05, 0.1) is 6.61 Å². The van der Waals surface area contributed by atoms with Crippen molar-refractivity contribution in [2.75, 3.05) is 11.9 Å². The van der Waals surface area contributed by atoms with Gasteiger partial charge in [0, 0.05) is 24.6 Å². The van der Waals surface area contributed by atoms with Crippen LogP contribution in [-0.2, 0) is 11.2 Å². The average molecular weight is 439 g/mol. The average Bonchev–Trinajstić information content (AvgIpc) is 3.29. The normalized spacial score (nSPS) is 14.3. The van der Waals surface area contributed by atoms with Crippen LogP contribution in [0.15, 0.2) is 41.1 Å². The first-order chi connectivity index (χ1) is 15.6. The summed E-state index contributed by atoms with van der Waals surface area (Å²) in [4.78, 5) is 21.0. The van der Waals surface area contributed by atoms with Crippen molar-refractivity contribution in [3.63, 3.8) is 0 Å². The largest absolute Gasteiger partial charge is 0.489 e. The molecule has 1 fully saturated rings. The second kappa shape index (κ2) is 10.3. The van der Waals surface area contributed by atoms with Gasteiger partial charge in [-0.1, -0.05) is 24.4 Å². The van der Waals surface area contributed by atoms with E-state index in [4.69, 9.17) is 9.26 Å². The van der Waals surface area contributed by atoms with Gasteiger partial charge in [0.15, 0.2) is 11.6 Å². The van der Waals surface area contributed by atoms with Gasteiger partial charge in [0.1, 0.15) is 5.82 Å². The van der Waals surface area contributed by atoms with Crippen LogP contribution in [0.2, 0.25) is 0 Å². The van der Waals surface area contributed by atoms with Gasteiger partial charge in [0.25, 0.3) is 0 Å². The van der Waals surface area contributed by atoms with Crippen molar-refractivity contribution in [2.45, 2.75) is 51.9 Å². The molecule has 0 saturated heterocycles. The number of aromatic nitrogens is 3. The molecule has 1 aliphatic rings. The Morgan fingerprint density at radius 1 is 1.25 bits per heavy atom. The molecule has 2 heterocycles. The van der Waals surface area contributed by atoms with Crippen LogP contribution in [-0.4, -0.2) is 27.6 Å². The van der Waals surface area contributed by atoms with Crippen molar-refractivity contribution in [1.82, 2.24) is 15.1 Å². The lowest BCUT2D eigenvalue weighted by atomic mass is 9.90. The van der Waals surface area contributed by atoms with E-state index in [9.17, 15) is 9.18 Å². The van der Waals surface area contributed by atoms with Crippen LogP contribution < -0.4 is 10.1 Å². The minimum Gasteiger partial charge on any atom is -0.489 e. The molecule has 1 aromatic carbocycles. The molecule has 2 aromatic heterocycles. The van der Waals surface area contributed by atoms with Gasteiger partial charge in [0.2, 0.25) is 17.6 Å². The lowest BCUT2D eigenvalue weighted by Crippen LogP contribution is -2.18. The molecule has 32 heavy (non-hydrogen) atoms. The van der Waals surface area contributed by atoms with Crippen LogP contribution in [0.3, 0.4) is 0 Å². The lowest BCUT2D eigenvalue weighted by Gasteiger charge is -2.22. The number of halogens is 1. The van der Waals surface area contributed by atoms with Gasteiger partial charge in [-0.25, -0.2) is 9.37 Å². The molecule has 7 nitrogen and oxygen atoms in total. The number of amides is 1. The van der Waals surface area contributed by atoms with Crippen molar-refractivity contribution < 1.29 is 18.4 Å². The predicted octanol–water partition coefficient (Wildman–Crippen LogP) is 5.11. The Morgan fingerprint density at radius 3 is 2.91 bits per heavy atom. The molecule has 0 radical (unpaired) electrons. The number of anilines is 1. The Morgan fingerprint density at radius 2 is 2.09 bits per heavy atom. The number of hydrogen-bond donors (Lipinski definition) is 1. The number of benzene rings is 1. The summed E-state index contributed by atoms with van der Waals surface area (Å²) < 4.78 is 24.7. The SMILES string of the molecule is Cc1cc(-c2noc(CCC(=O)Nc3ncccc3OCC3CCCCC3)n2)ccc1F. The van der Waals surface area contributed by atoms with E-state index >= 15 is 0 Å². The number of aryl methyl sites for hydroxylation is 2. The molecule has 168 valence electrons. The van der Waals surface area contributed by atoms with Gasteiger partial charge in [-0.05, 0) is 61.6 Å². The molecule has 1 aliphatic carbocycles. The third-order valence-electron chi connectivity index (χ3n) is 5.68. The zero-order valence-corrected chi connectivity index (χ0v) is 18.1. The number of rotatable bonds is 8. The van der Waals surface area contributed by atoms with E-state index in [1.807, 2.05) is 6.07 Å². The smallest absolute Gasteiger partial charge is 0.227 e. The molecule has 0 aliphatic heterocycles. The van der Waals surface area contributed by atoms with Crippen LogP contribution in [0.25, 0.3) is 11.4 Å². The van der Waals surface area contributed by atoms with E-state index in [1.54, 1.807) is 31.3 Å². The van der Waals surface area contributed by atoms with Crippen molar-refractivity contribution in [3.05, 3.63) is 53.8 Å². The van der Waals surface area contributed by atoms with Crippen LogP contribution in [0.5, 0.6) is 5.75 Å². The maximum absolute atomic E-state index is 13.5. The molecule has 0 spiro atoms. The lowest BCUT2D eigenvalue weighted by molar-refractivity contribution is -0.116. The van der Waals surface area contributed by atoms with Crippen molar-refractivity contribution in [3.8, 4) is 17.1 Å². The minimum absolute atomic E-state index is 0.155. The van der Waals surface area contributed by atoms with Crippen LogP contribution in [0, 0.1) is 18.7 Å². The van der Waals surface area contributed by atoms with E-state index < -0.39 is 0 Å². The van der Waals surface area contributed by atoms with Gasteiger partial charge in [-0.3, -0.25) is 4.79 Å². The second-order valence-electron chi connectivity index (χ2n) is 8.19. The summed E-state index contributed by atoms with van der Waals surface area (Å²) in [6, 6.07) is 8.24. The number of carbonyl (C=O) groups excluding carboxylic acids is 1. The number of pyridine rings is 1. The summed E-state index contributed by atoms with van der Waals surface area (Å²) in [5.74, 6) is 1.76. The molecule has 0 atom stereocenters. The quantitative estimate of drug-likeness (QED) is 0.526. The molecule has 0 unspecified atom stereocenters. The van der Waals surface area contributed by atoms with Gasteiger partial charge >= 0.3 is 0 Å². The molecular weight excluding hydrogens is 411 g/mol. The first-order valence-corrected chi connectivity index (χ1v) is 11.1. The summed E-state index contributed by atoms with van der Waals surface area (Å²) in [6.45, 7) is 2.32. The molecule has 0 bridgehead atoms. The summed E-state index contributed by atoms with van der Waals surface area (Å²) in [5.41, 5.74) is 1.17. The molecule has 1 amide bonds. The van der Waals surface area contributed by atoms with E-state index in [2.05, 4.69) is 20.4 Å². The van der Waals surface area contributed by atoms with E-state index in [1.165, 1.54) is 38.2 Å². The third-order valence-corrected chi connectivity index (χ3v) is 5.68. The van der Waals surface area contributed by atoms with E-state index in [-0.39, 0.29) is 24.6 Å². The topological polar surface area (TPSA) is 90.1 Å². The monoisotopic (exact) mass is 438 g/mol. The first-order valence-electron chi connectivity index (χ1n) is 11.1. The van der Waals surface area contributed by atoms with E-state index in [0.29, 0.717) is 46.9 Å². The third kappa shape index (κ3) is 5.69. The molecule has 1 saturated carbocycles. The maximum atomic E-state index is 13.5. The Kier molecular flexibility index (Phi) is 7.09. The minimum atomic E-state index is -0.286. The zero-order chi connectivity index (χ0) is 22.3. The highest BCUT2D eigenvalue weighted by molar-refractivity contribution is 5.91. The number of nitrogens with one attached hydrogen (secondary N) is 1. The van der Waals surface area contributed by atoms with E-state index in [0.717, 1.165) is 0 Å². The molecule has 3 aromatic rings. The summed E-state index contributed by atoms with van der Waals surface area (Å²) in [6.07, 6.45) is 8.24. The Labute approximate surface area is 186 Å². The summed E-state index contributed by atoms with van der Waals surface area (Å²) in [5, 5.41) is 6.74. The molecular formula is C24H27FN4O3. The zero-order valence-electron chi connectivity index (χ0n) is 18.1. The molecule has 8 heteroatoms. The fraction of sp³-hybridized carbons (Fsp3) is 0.417. The second-order valence-corrected chi connectivity index (χ2v) is 8.19.